The Hall–Kier alpha value is -2.21. The van der Waals surface area contributed by atoms with Crippen LogP contribution >= 0.6 is 11.3 Å². The van der Waals surface area contributed by atoms with E-state index in [4.69, 9.17) is 4.74 Å². The van der Waals surface area contributed by atoms with Gasteiger partial charge in [-0.2, -0.15) is 8.78 Å². The molecule has 2 aromatic rings. The molecular formula is C17H16F2O3S. The van der Waals surface area contributed by atoms with Gasteiger partial charge in [0.25, 0.3) is 0 Å². The third kappa shape index (κ3) is 4.39. The highest BCUT2D eigenvalue weighted by Gasteiger charge is 2.13. The average Bonchev–Trinajstić information content (AvgIpc) is 2.82. The van der Waals surface area contributed by atoms with E-state index in [0.29, 0.717) is 5.56 Å². The van der Waals surface area contributed by atoms with Crippen LogP contribution in [0.4, 0.5) is 8.78 Å². The van der Waals surface area contributed by atoms with Crippen LogP contribution in [-0.4, -0.2) is 19.5 Å². The molecule has 3 nitrogen and oxygen atoms in total. The fourth-order valence-electron chi connectivity index (χ4n) is 2.09. The lowest BCUT2D eigenvalue weighted by Crippen LogP contribution is -2.04. The van der Waals surface area contributed by atoms with Crippen LogP contribution in [0.15, 0.2) is 30.3 Å². The van der Waals surface area contributed by atoms with Gasteiger partial charge in [-0.1, -0.05) is 0 Å². The van der Waals surface area contributed by atoms with Crippen LogP contribution in [0.5, 0.6) is 11.5 Å². The fourth-order valence-corrected chi connectivity index (χ4v) is 3.01. The summed E-state index contributed by atoms with van der Waals surface area (Å²) in [6.07, 6.45) is 3.20. The predicted octanol–water partition coefficient (Wildman–Crippen LogP) is 4.87. The van der Waals surface area contributed by atoms with Crippen LogP contribution in [0.25, 0.3) is 6.08 Å². The van der Waals surface area contributed by atoms with E-state index in [-0.39, 0.29) is 17.3 Å². The molecule has 0 N–H and O–H groups in total. The van der Waals surface area contributed by atoms with Gasteiger partial charge in [-0.3, -0.25) is 4.79 Å². The minimum absolute atomic E-state index is 0.0899. The SMILES string of the molecule is COc1cc(C(=O)/C=C/c2cc(C)sc2C)ccc1OC(F)F. The molecule has 0 aliphatic rings. The van der Waals surface area contributed by atoms with Crippen LogP contribution in [0.1, 0.15) is 25.7 Å². The number of rotatable bonds is 6. The molecule has 0 aliphatic carbocycles. The maximum atomic E-state index is 12.3. The van der Waals surface area contributed by atoms with Gasteiger partial charge in [-0.05, 0) is 55.8 Å². The van der Waals surface area contributed by atoms with Crippen molar-refractivity contribution in [2.24, 2.45) is 0 Å². The van der Waals surface area contributed by atoms with Gasteiger partial charge < -0.3 is 9.47 Å². The van der Waals surface area contributed by atoms with E-state index < -0.39 is 6.61 Å². The molecule has 0 bridgehead atoms. The van der Waals surface area contributed by atoms with Crippen molar-refractivity contribution in [3.63, 3.8) is 0 Å². The van der Waals surface area contributed by atoms with Gasteiger partial charge >= 0.3 is 6.61 Å². The molecule has 0 fully saturated rings. The topological polar surface area (TPSA) is 35.5 Å². The summed E-state index contributed by atoms with van der Waals surface area (Å²) in [6.45, 7) is 1.04. The Kier molecular flexibility index (Phi) is 5.50. The number of aryl methyl sites for hydroxylation is 2. The maximum absolute atomic E-state index is 12.3. The highest BCUT2D eigenvalue weighted by atomic mass is 32.1. The molecule has 0 saturated carbocycles. The van der Waals surface area contributed by atoms with Crippen LogP contribution in [0.2, 0.25) is 0 Å². The second-order valence-electron chi connectivity index (χ2n) is 4.81. The lowest BCUT2D eigenvalue weighted by molar-refractivity contribution is -0.0512. The maximum Gasteiger partial charge on any atom is 0.387 e. The minimum atomic E-state index is -2.95. The molecule has 0 atom stereocenters. The Morgan fingerprint density at radius 1 is 1.22 bits per heavy atom. The molecule has 2 rings (SSSR count). The lowest BCUT2D eigenvalue weighted by atomic mass is 10.1. The monoisotopic (exact) mass is 338 g/mol. The third-order valence-electron chi connectivity index (χ3n) is 3.16. The van der Waals surface area contributed by atoms with Gasteiger partial charge in [0.1, 0.15) is 0 Å². The summed E-state index contributed by atoms with van der Waals surface area (Å²) in [6, 6.07) is 6.12. The van der Waals surface area contributed by atoms with Crippen molar-refractivity contribution in [3.8, 4) is 11.5 Å². The molecule has 0 unspecified atom stereocenters. The van der Waals surface area contributed by atoms with Gasteiger partial charge in [-0.25, -0.2) is 0 Å². The number of hydrogen-bond donors (Lipinski definition) is 0. The van der Waals surface area contributed by atoms with Crippen molar-refractivity contribution >= 4 is 23.2 Å². The molecule has 23 heavy (non-hydrogen) atoms. The fraction of sp³-hybridized carbons (Fsp3) is 0.235. The number of thiophene rings is 1. The molecular weight excluding hydrogens is 322 g/mol. The highest BCUT2D eigenvalue weighted by molar-refractivity contribution is 7.12. The van der Waals surface area contributed by atoms with Crippen molar-refractivity contribution in [3.05, 3.63) is 51.2 Å². The van der Waals surface area contributed by atoms with Crippen molar-refractivity contribution in [1.82, 2.24) is 0 Å². The van der Waals surface area contributed by atoms with E-state index in [1.807, 2.05) is 19.9 Å². The number of alkyl halides is 2. The highest BCUT2D eigenvalue weighted by Crippen LogP contribution is 2.30. The Bertz CT molecular complexity index is 735. The lowest BCUT2D eigenvalue weighted by Gasteiger charge is -2.10. The zero-order valence-electron chi connectivity index (χ0n) is 12.9. The largest absolute Gasteiger partial charge is 0.493 e. The van der Waals surface area contributed by atoms with Crippen LogP contribution in [0.3, 0.4) is 0 Å². The number of benzene rings is 1. The average molecular weight is 338 g/mol. The first kappa shape index (κ1) is 17.1. The van der Waals surface area contributed by atoms with Crippen LogP contribution < -0.4 is 9.47 Å². The number of ketones is 1. The second kappa shape index (κ2) is 7.37. The van der Waals surface area contributed by atoms with Gasteiger partial charge in [0, 0.05) is 15.3 Å². The summed E-state index contributed by atoms with van der Waals surface area (Å²) in [5, 5.41) is 0. The Morgan fingerprint density at radius 3 is 2.52 bits per heavy atom. The summed E-state index contributed by atoms with van der Waals surface area (Å²) < 4.78 is 33.9. The molecule has 0 saturated heterocycles. The summed E-state index contributed by atoms with van der Waals surface area (Å²) in [4.78, 5) is 14.5. The van der Waals surface area contributed by atoms with Gasteiger partial charge in [0.15, 0.2) is 17.3 Å². The summed E-state index contributed by atoms with van der Waals surface area (Å²) in [5.74, 6) is -0.255. The molecule has 122 valence electrons. The van der Waals surface area contributed by atoms with Crippen molar-refractivity contribution < 1.29 is 23.0 Å². The minimum Gasteiger partial charge on any atom is -0.493 e. The molecule has 0 radical (unpaired) electrons. The van der Waals surface area contributed by atoms with E-state index in [1.165, 1.54) is 36.3 Å². The summed E-state index contributed by atoms with van der Waals surface area (Å²) in [5.41, 5.74) is 1.33. The zero-order chi connectivity index (χ0) is 17.0. The molecule has 1 aromatic heterocycles. The number of methoxy groups -OCH3 is 1. The Morgan fingerprint density at radius 2 is 1.96 bits per heavy atom. The number of hydrogen-bond acceptors (Lipinski definition) is 4. The van der Waals surface area contributed by atoms with E-state index in [2.05, 4.69) is 4.74 Å². The molecule has 0 aliphatic heterocycles. The number of carbonyl (C=O) groups is 1. The molecule has 0 amide bonds. The van der Waals surface area contributed by atoms with E-state index in [0.717, 1.165) is 10.4 Å². The van der Waals surface area contributed by atoms with E-state index >= 15 is 0 Å². The van der Waals surface area contributed by atoms with E-state index in [9.17, 15) is 13.6 Å². The van der Waals surface area contributed by atoms with Gasteiger partial charge in [0.2, 0.25) is 0 Å². The molecule has 1 aromatic carbocycles. The van der Waals surface area contributed by atoms with Gasteiger partial charge in [-0.15, -0.1) is 11.3 Å². The molecule has 0 spiro atoms. The van der Waals surface area contributed by atoms with Crippen LogP contribution in [-0.2, 0) is 0 Å². The first-order valence-corrected chi connectivity index (χ1v) is 7.64. The van der Waals surface area contributed by atoms with Crippen molar-refractivity contribution in [1.29, 1.82) is 0 Å². The summed E-state index contributed by atoms with van der Waals surface area (Å²) in [7, 11) is 1.33. The number of halogens is 2. The third-order valence-corrected chi connectivity index (χ3v) is 4.14. The smallest absolute Gasteiger partial charge is 0.387 e. The number of allylic oxidation sites excluding steroid dienone is 1. The summed E-state index contributed by atoms with van der Waals surface area (Å²) >= 11 is 1.66. The Balaban J connectivity index is 2.20. The molecule has 1 heterocycles. The first-order valence-electron chi connectivity index (χ1n) is 6.83. The quantitative estimate of drug-likeness (QED) is 0.557. The van der Waals surface area contributed by atoms with E-state index in [1.54, 1.807) is 17.4 Å². The van der Waals surface area contributed by atoms with Crippen molar-refractivity contribution in [2.75, 3.05) is 7.11 Å². The zero-order valence-corrected chi connectivity index (χ0v) is 13.7. The van der Waals surface area contributed by atoms with Crippen molar-refractivity contribution in [2.45, 2.75) is 20.5 Å². The number of ether oxygens (including phenoxy) is 2. The van der Waals surface area contributed by atoms with Gasteiger partial charge in [0.05, 0.1) is 7.11 Å². The van der Waals surface area contributed by atoms with Crippen LogP contribution in [0, 0.1) is 13.8 Å². The molecule has 6 heteroatoms. The number of carbonyl (C=O) groups excluding carboxylic acids is 1. The first-order chi connectivity index (χ1) is 10.9. The predicted molar refractivity (Wildman–Crippen MR) is 86.8 cm³/mol. The normalized spacial score (nSPS) is 11.2. The Labute approximate surface area is 137 Å². The standard InChI is InChI=1S/C17H16F2O3S/c1-10-8-12(11(2)23-10)4-6-14(20)13-5-7-15(22-17(18)19)16(9-13)21-3/h4-9,17H,1-3H3/b6-4+. The second-order valence-corrected chi connectivity index (χ2v) is 6.27.